The monoisotopic (exact) mass is 527 g/mol. The van der Waals surface area contributed by atoms with Crippen LogP contribution in [0.5, 0.6) is 11.6 Å². The van der Waals surface area contributed by atoms with E-state index in [1.54, 1.807) is 25.4 Å². The molecule has 1 saturated heterocycles. The molecule has 0 radical (unpaired) electrons. The Hall–Kier alpha value is -2.43. The van der Waals surface area contributed by atoms with E-state index in [9.17, 15) is 9.18 Å². The van der Waals surface area contributed by atoms with Gasteiger partial charge in [-0.2, -0.15) is 0 Å². The number of nitrogens with two attached hydrogens (primary N) is 1. The molecule has 1 aromatic carbocycles. The Morgan fingerprint density at radius 1 is 1.40 bits per heavy atom. The van der Waals surface area contributed by atoms with Gasteiger partial charge < -0.3 is 20.7 Å². The Morgan fingerprint density at radius 3 is 2.97 bits per heavy atom. The summed E-state index contributed by atoms with van der Waals surface area (Å²) < 4.78 is 19.2. The highest BCUT2D eigenvalue weighted by atomic mass is 127. The number of nitrogens with one attached hydrogen (secondary N) is 1. The minimum Gasteiger partial charge on any atom is -0.439 e. The fourth-order valence-electron chi connectivity index (χ4n) is 3.51. The normalized spacial score (nSPS) is 16.5. The summed E-state index contributed by atoms with van der Waals surface area (Å²) in [5.41, 5.74) is 6.18. The van der Waals surface area contributed by atoms with Crippen molar-refractivity contribution in [2.45, 2.75) is 25.8 Å². The average molecular weight is 527 g/mol. The van der Waals surface area contributed by atoms with Crippen molar-refractivity contribution in [3.63, 3.8) is 0 Å². The largest absolute Gasteiger partial charge is 0.439 e. The highest BCUT2D eigenvalue weighted by Gasteiger charge is 2.23. The van der Waals surface area contributed by atoms with E-state index in [1.807, 2.05) is 12.1 Å². The maximum Gasteiger partial charge on any atom is 0.224 e. The van der Waals surface area contributed by atoms with Crippen LogP contribution in [0.2, 0.25) is 0 Å². The van der Waals surface area contributed by atoms with E-state index in [0.29, 0.717) is 24.6 Å². The second kappa shape index (κ2) is 11.7. The average Bonchev–Trinajstić information content (AvgIpc) is 2.69. The third-order valence-electron chi connectivity index (χ3n) is 4.82. The van der Waals surface area contributed by atoms with Gasteiger partial charge in [0.15, 0.2) is 5.96 Å². The number of hydrogen-bond donors (Lipinski definition) is 2. The predicted octanol–water partition coefficient (Wildman–Crippen LogP) is 3.29. The molecule has 1 aliphatic heterocycles. The lowest BCUT2D eigenvalue weighted by molar-refractivity contribution is -0.119. The van der Waals surface area contributed by atoms with Gasteiger partial charge in [-0.1, -0.05) is 12.1 Å². The van der Waals surface area contributed by atoms with Crippen molar-refractivity contribution in [3.05, 3.63) is 54.0 Å². The summed E-state index contributed by atoms with van der Waals surface area (Å²) >= 11 is 0. The number of halogens is 2. The van der Waals surface area contributed by atoms with Crippen LogP contribution in [-0.4, -0.2) is 41.9 Å². The third kappa shape index (κ3) is 6.82. The number of primary amides is 1. The molecule has 7 nitrogen and oxygen atoms in total. The molecule has 1 atom stereocenters. The van der Waals surface area contributed by atoms with Crippen molar-refractivity contribution in [2.75, 3.05) is 20.1 Å². The maximum atomic E-state index is 13.4. The molecule has 2 aromatic rings. The fourth-order valence-corrected chi connectivity index (χ4v) is 3.51. The van der Waals surface area contributed by atoms with E-state index in [4.69, 9.17) is 10.5 Å². The first-order valence-electron chi connectivity index (χ1n) is 9.66. The van der Waals surface area contributed by atoms with Crippen LogP contribution in [0, 0.1) is 11.7 Å². The second-order valence-electron chi connectivity index (χ2n) is 7.05. The van der Waals surface area contributed by atoms with E-state index in [0.717, 1.165) is 37.5 Å². The van der Waals surface area contributed by atoms with Crippen LogP contribution in [-0.2, 0) is 11.3 Å². The van der Waals surface area contributed by atoms with Gasteiger partial charge in [-0.25, -0.2) is 9.37 Å². The van der Waals surface area contributed by atoms with Gasteiger partial charge >= 0.3 is 0 Å². The molecule has 162 valence electrons. The lowest BCUT2D eigenvalue weighted by Crippen LogP contribution is -2.46. The van der Waals surface area contributed by atoms with Gasteiger partial charge in [-0.15, -0.1) is 24.0 Å². The Bertz CT molecular complexity index is 880. The zero-order chi connectivity index (χ0) is 20.6. The van der Waals surface area contributed by atoms with Crippen molar-refractivity contribution in [1.29, 1.82) is 0 Å². The van der Waals surface area contributed by atoms with Crippen LogP contribution >= 0.6 is 24.0 Å². The Labute approximate surface area is 192 Å². The number of nitrogens with zero attached hydrogens (tertiary/aromatic N) is 3. The summed E-state index contributed by atoms with van der Waals surface area (Å²) in [6, 6.07) is 9.67. The fraction of sp³-hybridized carbons (Fsp3) is 0.381. The molecule has 1 fully saturated rings. The molecule has 0 aliphatic carbocycles. The molecule has 1 unspecified atom stereocenters. The van der Waals surface area contributed by atoms with Crippen LogP contribution < -0.4 is 15.8 Å². The summed E-state index contributed by atoms with van der Waals surface area (Å²) in [6.45, 7) is 2.05. The van der Waals surface area contributed by atoms with Gasteiger partial charge in [-0.05, 0) is 37.0 Å². The second-order valence-corrected chi connectivity index (χ2v) is 7.05. The van der Waals surface area contributed by atoms with Gasteiger partial charge in [0.05, 0.1) is 0 Å². The van der Waals surface area contributed by atoms with E-state index < -0.39 is 0 Å². The van der Waals surface area contributed by atoms with Crippen LogP contribution in [0.3, 0.4) is 0 Å². The van der Waals surface area contributed by atoms with Gasteiger partial charge in [0.25, 0.3) is 0 Å². The first-order valence-corrected chi connectivity index (χ1v) is 9.66. The number of likely N-dealkylation sites (tertiary alicyclic amines) is 1. The molecule has 0 saturated carbocycles. The van der Waals surface area contributed by atoms with Crippen LogP contribution in [0.4, 0.5) is 4.39 Å². The van der Waals surface area contributed by atoms with E-state index in [-0.39, 0.29) is 41.6 Å². The quantitative estimate of drug-likeness (QED) is 0.342. The van der Waals surface area contributed by atoms with Gasteiger partial charge in [0, 0.05) is 50.9 Å². The molecule has 30 heavy (non-hydrogen) atoms. The van der Waals surface area contributed by atoms with Gasteiger partial charge in [-0.3, -0.25) is 9.79 Å². The van der Waals surface area contributed by atoms with Crippen molar-refractivity contribution < 1.29 is 13.9 Å². The van der Waals surface area contributed by atoms with Crippen molar-refractivity contribution in [1.82, 2.24) is 15.2 Å². The zero-order valence-corrected chi connectivity index (χ0v) is 19.2. The summed E-state index contributed by atoms with van der Waals surface area (Å²) in [5.74, 6) is 1.15. The number of benzene rings is 1. The van der Waals surface area contributed by atoms with E-state index in [2.05, 4.69) is 20.2 Å². The zero-order valence-electron chi connectivity index (χ0n) is 16.9. The van der Waals surface area contributed by atoms with E-state index in [1.165, 1.54) is 12.1 Å². The summed E-state index contributed by atoms with van der Waals surface area (Å²) in [5, 5.41) is 3.33. The molecule has 3 rings (SSSR count). The molecule has 0 bridgehead atoms. The maximum absolute atomic E-state index is 13.4. The summed E-state index contributed by atoms with van der Waals surface area (Å²) in [6.07, 6.45) is 4.00. The molecule has 1 aromatic heterocycles. The predicted molar refractivity (Wildman–Crippen MR) is 124 cm³/mol. The Morgan fingerprint density at radius 2 is 2.23 bits per heavy atom. The Kier molecular flexibility index (Phi) is 9.28. The molecule has 1 aliphatic rings. The van der Waals surface area contributed by atoms with Crippen LogP contribution in [0.25, 0.3) is 0 Å². The highest BCUT2D eigenvalue weighted by molar-refractivity contribution is 14.0. The Balaban J connectivity index is 0.00000320. The SMILES string of the molecule is CN=C(NCc1cccnc1Oc1cccc(F)c1)N1CCCC(CC(N)=O)C1.I. The first-order chi connectivity index (χ1) is 14.0. The van der Waals surface area contributed by atoms with Crippen molar-refractivity contribution in [2.24, 2.45) is 16.6 Å². The lowest BCUT2D eigenvalue weighted by Gasteiger charge is -2.34. The number of carbonyl (C=O) groups is 1. The van der Waals surface area contributed by atoms with Gasteiger partial charge in [0.1, 0.15) is 11.6 Å². The molecular formula is C21H27FIN5O2. The van der Waals surface area contributed by atoms with Crippen LogP contribution in [0.1, 0.15) is 24.8 Å². The highest BCUT2D eigenvalue weighted by Crippen LogP contribution is 2.24. The number of aromatic nitrogens is 1. The molecule has 9 heteroatoms. The number of piperidine rings is 1. The van der Waals surface area contributed by atoms with E-state index >= 15 is 0 Å². The molecule has 3 N–H and O–H groups in total. The number of hydrogen-bond acceptors (Lipinski definition) is 4. The number of rotatable bonds is 6. The van der Waals surface area contributed by atoms with Crippen molar-refractivity contribution in [3.8, 4) is 11.6 Å². The number of carbonyl (C=O) groups excluding carboxylic acids is 1. The number of guanidine groups is 1. The molecular weight excluding hydrogens is 500 g/mol. The first kappa shape index (κ1) is 23.8. The topological polar surface area (TPSA) is 92.8 Å². The molecule has 2 heterocycles. The van der Waals surface area contributed by atoms with Gasteiger partial charge in [0.2, 0.25) is 11.8 Å². The summed E-state index contributed by atoms with van der Waals surface area (Å²) in [7, 11) is 1.73. The number of pyridine rings is 1. The minimum atomic E-state index is -0.367. The lowest BCUT2D eigenvalue weighted by atomic mass is 9.95. The minimum absolute atomic E-state index is 0. The number of ether oxygens (including phenoxy) is 1. The van der Waals surface area contributed by atoms with Crippen molar-refractivity contribution >= 4 is 35.8 Å². The smallest absolute Gasteiger partial charge is 0.224 e. The van der Waals surface area contributed by atoms with Crippen LogP contribution in [0.15, 0.2) is 47.6 Å². The number of amides is 1. The third-order valence-corrected chi connectivity index (χ3v) is 4.82. The standard InChI is InChI=1S/C21H26FN5O2.HI/c1-24-21(27-10-4-5-15(14-27)11-19(23)28)26-13-16-6-3-9-25-20(16)29-18-8-2-7-17(22)12-18;/h2-3,6-9,12,15H,4-5,10-11,13-14H2,1H3,(H2,23,28)(H,24,26);1H. The summed E-state index contributed by atoms with van der Waals surface area (Å²) in [4.78, 5) is 22.0. The molecule has 0 spiro atoms. The number of aliphatic imine (C=N–C) groups is 1. The molecule has 1 amide bonds.